The van der Waals surface area contributed by atoms with Crippen molar-refractivity contribution in [1.82, 2.24) is 5.32 Å². The van der Waals surface area contributed by atoms with E-state index in [-0.39, 0.29) is 6.54 Å². The van der Waals surface area contributed by atoms with Crippen LogP contribution in [0.2, 0.25) is 0 Å². The number of hydrogen-bond donors (Lipinski definition) is 3. The Kier molecular flexibility index (Phi) is 5.75. The van der Waals surface area contributed by atoms with Crippen molar-refractivity contribution in [3.05, 3.63) is 65.2 Å². The Morgan fingerprint density at radius 3 is 2.33 bits per heavy atom. The van der Waals surface area contributed by atoms with Gasteiger partial charge in [-0.3, -0.25) is 4.79 Å². The zero-order valence-electron chi connectivity index (χ0n) is 12.5. The summed E-state index contributed by atoms with van der Waals surface area (Å²) in [5, 5.41) is 2.60. The van der Waals surface area contributed by atoms with E-state index in [1.54, 1.807) is 0 Å². The second-order valence-corrected chi connectivity index (χ2v) is 5.35. The van der Waals surface area contributed by atoms with Crippen molar-refractivity contribution >= 4 is 30.4 Å². The van der Waals surface area contributed by atoms with Gasteiger partial charge in [0.25, 0.3) is 0 Å². The topological polar surface area (TPSA) is 75.4 Å². The molecule has 0 radical (unpaired) electrons. The number of halogens is 2. The van der Waals surface area contributed by atoms with Crippen LogP contribution in [-0.2, 0) is 6.42 Å². The Morgan fingerprint density at radius 2 is 1.75 bits per heavy atom. The van der Waals surface area contributed by atoms with Crippen LogP contribution >= 0.6 is 12.8 Å². The smallest absolute Gasteiger partial charge is 0.331 e. The first-order chi connectivity index (χ1) is 11.4. The molecule has 0 heterocycles. The number of hydrogen-bond acceptors (Lipinski definition) is 3. The van der Waals surface area contributed by atoms with Gasteiger partial charge in [0.1, 0.15) is 0 Å². The number of nitrogens with two attached hydrogens (primary N) is 1. The number of primary amides is 1. The van der Waals surface area contributed by atoms with Gasteiger partial charge in [0.2, 0.25) is 5.91 Å². The van der Waals surface area contributed by atoms with E-state index in [0.717, 1.165) is 16.4 Å². The van der Waals surface area contributed by atoms with E-state index in [4.69, 9.17) is 5.73 Å². The van der Waals surface area contributed by atoms with E-state index in [9.17, 15) is 18.4 Å². The Hall–Kier alpha value is -2.61. The van der Waals surface area contributed by atoms with Crippen LogP contribution in [0.4, 0.5) is 19.3 Å². The molecule has 0 aliphatic heterocycles. The monoisotopic (exact) mass is 351 g/mol. The molecule has 0 fully saturated rings. The predicted molar refractivity (Wildman–Crippen MR) is 89.9 cm³/mol. The highest BCUT2D eigenvalue weighted by Crippen LogP contribution is 2.17. The first-order valence-electron chi connectivity index (χ1n) is 6.99. The lowest BCUT2D eigenvalue weighted by atomic mass is 10.1. The van der Waals surface area contributed by atoms with Crippen molar-refractivity contribution in [2.45, 2.75) is 6.42 Å². The van der Waals surface area contributed by atoms with Crippen LogP contribution in [-0.4, -0.2) is 18.5 Å². The van der Waals surface area contributed by atoms with Gasteiger partial charge in [0.15, 0.2) is 11.6 Å². The molecule has 24 heavy (non-hydrogen) atoms. The number of urea groups is 1. The first kappa shape index (κ1) is 17.7. The first-order valence-corrected chi connectivity index (χ1v) is 7.39. The number of rotatable bonds is 5. The van der Waals surface area contributed by atoms with E-state index in [0.29, 0.717) is 23.2 Å². The van der Waals surface area contributed by atoms with E-state index < -0.39 is 23.6 Å². The number of carbonyl (C=O) groups excluding carboxylic acids is 2. The standard InChI is InChI=1S/C16H15F2N3O2S/c17-13-6-1-10(9-14(13)18)7-8-20-16(23)21(24)12-4-2-11(3-5-12)15(19)22/h1-6,9,24H,7-8H2,(H2,19,22)(H,20,23). The maximum absolute atomic E-state index is 13.1. The maximum Gasteiger partial charge on any atom is 0.331 e. The second kappa shape index (κ2) is 7.78. The Bertz CT molecular complexity index is 753. The van der Waals surface area contributed by atoms with E-state index in [1.165, 1.54) is 30.3 Å². The summed E-state index contributed by atoms with van der Waals surface area (Å²) in [6.45, 7) is 0.223. The summed E-state index contributed by atoms with van der Waals surface area (Å²) in [5.74, 6) is -2.41. The fourth-order valence-corrected chi connectivity index (χ4v) is 2.17. The van der Waals surface area contributed by atoms with Gasteiger partial charge in [-0.1, -0.05) is 18.9 Å². The molecule has 2 aromatic rings. The number of thiol groups is 1. The number of nitrogens with zero attached hydrogens (tertiary/aromatic N) is 1. The third kappa shape index (κ3) is 4.45. The molecule has 0 unspecified atom stereocenters. The van der Waals surface area contributed by atoms with Crippen LogP contribution in [0.5, 0.6) is 0 Å². The summed E-state index contributed by atoms with van der Waals surface area (Å²) in [7, 11) is 0. The van der Waals surface area contributed by atoms with Crippen LogP contribution in [0.3, 0.4) is 0 Å². The van der Waals surface area contributed by atoms with Crippen LogP contribution < -0.4 is 15.4 Å². The molecule has 0 aromatic heterocycles. The maximum atomic E-state index is 13.1. The zero-order chi connectivity index (χ0) is 17.7. The number of anilines is 1. The van der Waals surface area contributed by atoms with Crippen LogP contribution in [0, 0.1) is 11.6 Å². The quantitative estimate of drug-likeness (QED) is 0.725. The van der Waals surface area contributed by atoms with Gasteiger partial charge in [-0.2, -0.15) is 0 Å². The van der Waals surface area contributed by atoms with Crippen molar-refractivity contribution in [3.63, 3.8) is 0 Å². The van der Waals surface area contributed by atoms with Gasteiger partial charge in [0, 0.05) is 12.1 Å². The van der Waals surface area contributed by atoms with Gasteiger partial charge in [0.05, 0.1) is 5.69 Å². The molecule has 0 aliphatic rings. The summed E-state index contributed by atoms with van der Waals surface area (Å²) >= 11 is 4.09. The minimum absolute atomic E-state index is 0.223. The van der Waals surface area contributed by atoms with Crippen LogP contribution in [0.25, 0.3) is 0 Å². The molecule has 0 atom stereocenters. The van der Waals surface area contributed by atoms with Gasteiger partial charge < -0.3 is 11.1 Å². The Morgan fingerprint density at radius 1 is 1.08 bits per heavy atom. The lowest BCUT2D eigenvalue weighted by Crippen LogP contribution is -2.35. The van der Waals surface area contributed by atoms with Crippen LogP contribution in [0.1, 0.15) is 15.9 Å². The number of carbonyl (C=O) groups is 2. The molecule has 0 bridgehead atoms. The van der Waals surface area contributed by atoms with Crippen molar-refractivity contribution in [2.75, 3.05) is 10.8 Å². The minimum atomic E-state index is -0.927. The van der Waals surface area contributed by atoms with Crippen LogP contribution in [0.15, 0.2) is 42.5 Å². The summed E-state index contributed by atoms with van der Waals surface area (Å²) in [6, 6.07) is 9.11. The molecule has 8 heteroatoms. The molecule has 3 N–H and O–H groups in total. The van der Waals surface area contributed by atoms with Crippen molar-refractivity contribution < 1.29 is 18.4 Å². The second-order valence-electron chi connectivity index (χ2n) is 4.95. The average Bonchev–Trinajstić information content (AvgIpc) is 2.57. The molecule has 0 spiro atoms. The molecule has 0 aliphatic carbocycles. The third-order valence-electron chi connectivity index (χ3n) is 3.26. The molecular weight excluding hydrogens is 336 g/mol. The summed E-state index contributed by atoms with van der Waals surface area (Å²) < 4.78 is 27.0. The van der Waals surface area contributed by atoms with Crippen molar-refractivity contribution in [1.29, 1.82) is 0 Å². The van der Waals surface area contributed by atoms with E-state index >= 15 is 0 Å². The fourth-order valence-electron chi connectivity index (χ4n) is 1.97. The predicted octanol–water partition coefficient (Wildman–Crippen LogP) is 2.67. The summed E-state index contributed by atoms with van der Waals surface area (Å²) in [6.07, 6.45) is 0.338. The van der Waals surface area contributed by atoms with E-state index in [2.05, 4.69) is 18.1 Å². The lowest BCUT2D eigenvalue weighted by molar-refractivity contribution is 0.100. The number of benzene rings is 2. The number of nitrogens with one attached hydrogen (secondary N) is 1. The molecule has 5 nitrogen and oxygen atoms in total. The molecular formula is C16H15F2N3O2S. The molecule has 0 saturated carbocycles. The fraction of sp³-hybridized carbons (Fsp3) is 0.125. The Labute approximate surface area is 143 Å². The van der Waals surface area contributed by atoms with Crippen molar-refractivity contribution in [3.8, 4) is 0 Å². The highest BCUT2D eigenvalue weighted by atomic mass is 32.1. The van der Waals surface area contributed by atoms with Gasteiger partial charge in [-0.25, -0.2) is 17.9 Å². The van der Waals surface area contributed by atoms with Gasteiger partial charge in [-0.15, -0.1) is 0 Å². The normalized spacial score (nSPS) is 10.3. The molecule has 126 valence electrons. The summed E-state index contributed by atoms with van der Waals surface area (Å²) in [4.78, 5) is 23.0. The Balaban J connectivity index is 1.89. The molecule has 3 amide bonds. The largest absolute Gasteiger partial charge is 0.366 e. The highest BCUT2D eigenvalue weighted by molar-refractivity contribution is 7.82. The molecule has 2 rings (SSSR count). The van der Waals surface area contributed by atoms with E-state index in [1.807, 2.05) is 0 Å². The summed E-state index contributed by atoms with van der Waals surface area (Å²) in [5.41, 5.74) is 6.47. The van der Waals surface area contributed by atoms with Gasteiger partial charge >= 0.3 is 6.03 Å². The average molecular weight is 351 g/mol. The molecule has 0 saturated heterocycles. The lowest BCUT2D eigenvalue weighted by Gasteiger charge is -2.16. The SMILES string of the molecule is NC(=O)c1ccc(N(S)C(=O)NCCc2ccc(F)c(F)c2)cc1. The van der Waals surface area contributed by atoms with Crippen molar-refractivity contribution in [2.24, 2.45) is 5.73 Å². The molecule has 2 aromatic carbocycles. The number of amides is 3. The zero-order valence-corrected chi connectivity index (χ0v) is 13.4. The van der Waals surface area contributed by atoms with Gasteiger partial charge in [-0.05, 0) is 48.4 Å². The highest BCUT2D eigenvalue weighted by Gasteiger charge is 2.12. The third-order valence-corrected chi connectivity index (χ3v) is 3.68. The minimum Gasteiger partial charge on any atom is -0.366 e.